The maximum absolute atomic E-state index is 13.2. The molecule has 0 bridgehead atoms. The zero-order chi connectivity index (χ0) is 24.0. The quantitative estimate of drug-likeness (QED) is 0.538. The van der Waals surface area contributed by atoms with Crippen LogP contribution in [0.1, 0.15) is 59.4 Å². The van der Waals surface area contributed by atoms with E-state index in [0.29, 0.717) is 35.5 Å². The molecule has 0 saturated heterocycles. The molecule has 1 aliphatic heterocycles. The summed E-state index contributed by atoms with van der Waals surface area (Å²) in [7, 11) is 0. The summed E-state index contributed by atoms with van der Waals surface area (Å²) in [5, 5.41) is 3.39. The zero-order valence-corrected chi connectivity index (χ0v) is 19.6. The van der Waals surface area contributed by atoms with Crippen LogP contribution >= 0.6 is 11.6 Å². The van der Waals surface area contributed by atoms with Crippen LogP contribution in [0.5, 0.6) is 0 Å². The summed E-state index contributed by atoms with van der Waals surface area (Å²) in [6.07, 6.45) is 0.883. The molecule has 1 aliphatic rings. The summed E-state index contributed by atoms with van der Waals surface area (Å²) in [6, 6.07) is 13.2. The number of carbonyl (C=O) groups is 4. The summed E-state index contributed by atoms with van der Waals surface area (Å²) < 4.78 is 0. The predicted molar refractivity (Wildman–Crippen MR) is 126 cm³/mol. The van der Waals surface area contributed by atoms with E-state index in [2.05, 4.69) is 5.32 Å². The molecule has 174 valence electrons. The van der Waals surface area contributed by atoms with Crippen LogP contribution in [0.25, 0.3) is 0 Å². The van der Waals surface area contributed by atoms with Gasteiger partial charge in [0.05, 0.1) is 11.1 Å². The van der Waals surface area contributed by atoms with Gasteiger partial charge in [0.2, 0.25) is 11.8 Å². The first-order chi connectivity index (χ1) is 15.9. The van der Waals surface area contributed by atoms with Crippen molar-refractivity contribution in [3.63, 3.8) is 0 Å². The van der Waals surface area contributed by atoms with Crippen LogP contribution in [-0.4, -0.2) is 52.6 Å². The van der Waals surface area contributed by atoms with Gasteiger partial charge in [0.1, 0.15) is 6.04 Å². The van der Waals surface area contributed by atoms with Crippen molar-refractivity contribution in [2.24, 2.45) is 0 Å². The van der Waals surface area contributed by atoms with Crippen molar-refractivity contribution in [2.75, 3.05) is 13.1 Å². The number of carbonyl (C=O) groups excluding carboxylic acids is 4. The highest BCUT2D eigenvalue weighted by atomic mass is 35.5. The molecule has 1 N–H and O–H groups in total. The molecule has 2 aromatic rings. The van der Waals surface area contributed by atoms with E-state index in [1.54, 1.807) is 41.3 Å². The average Bonchev–Trinajstić information content (AvgIpc) is 3.05. The average molecular weight is 470 g/mol. The summed E-state index contributed by atoms with van der Waals surface area (Å²) in [5.74, 6) is -1.09. The van der Waals surface area contributed by atoms with Crippen molar-refractivity contribution in [3.8, 4) is 0 Å². The highest BCUT2D eigenvalue weighted by Crippen LogP contribution is 2.23. The molecule has 0 spiro atoms. The van der Waals surface area contributed by atoms with Gasteiger partial charge >= 0.3 is 0 Å². The Labute approximate surface area is 198 Å². The van der Waals surface area contributed by atoms with Gasteiger partial charge in [-0.05, 0) is 49.6 Å². The van der Waals surface area contributed by atoms with E-state index in [1.165, 1.54) is 4.90 Å². The largest absolute Gasteiger partial charge is 0.355 e. The molecule has 33 heavy (non-hydrogen) atoms. The minimum absolute atomic E-state index is 0.108. The molecule has 1 heterocycles. The van der Waals surface area contributed by atoms with E-state index in [9.17, 15) is 19.2 Å². The van der Waals surface area contributed by atoms with Crippen LogP contribution in [0.15, 0.2) is 48.5 Å². The van der Waals surface area contributed by atoms with E-state index in [-0.39, 0.29) is 43.1 Å². The van der Waals surface area contributed by atoms with Crippen molar-refractivity contribution in [1.82, 2.24) is 15.1 Å². The number of halogens is 1. The molecule has 0 aliphatic carbocycles. The van der Waals surface area contributed by atoms with Gasteiger partial charge in [-0.25, -0.2) is 0 Å². The highest BCUT2D eigenvalue weighted by molar-refractivity contribution is 6.30. The number of nitrogens with one attached hydrogen (secondary N) is 1. The first-order valence-corrected chi connectivity index (χ1v) is 11.5. The number of rotatable bonds is 10. The summed E-state index contributed by atoms with van der Waals surface area (Å²) in [6.45, 7) is 4.57. The molecular formula is C25H28ClN3O4. The molecule has 0 radical (unpaired) electrons. The first kappa shape index (κ1) is 24.5. The maximum atomic E-state index is 13.2. The van der Waals surface area contributed by atoms with Crippen molar-refractivity contribution in [1.29, 1.82) is 0 Å². The van der Waals surface area contributed by atoms with E-state index >= 15 is 0 Å². The van der Waals surface area contributed by atoms with E-state index in [4.69, 9.17) is 11.6 Å². The second-order valence-corrected chi connectivity index (χ2v) is 8.31. The first-order valence-electron chi connectivity index (χ1n) is 11.1. The van der Waals surface area contributed by atoms with Gasteiger partial charge in [0.15, 0.2) is 0 Å². The molecule has 1 atom stereocenters. The lowest BCUT2D eigenvalue weighted by atomic mass is 10.1. The lowest BCUT2D eigenvalue weighted by Crippen LogP contribution is -2.49. The molecule has 4 amide bonds. The van der Waals surface area contributed by atoms with Gasteiger partial charge in [-0.15, -0.1) is 0 Å². The normalized spacial score (nSPS) is 13.6. The monoisotopic (exact) mass is 469 g/mol. The van der Waals surface area contributed by atoms with Gasteiger partial charge in [-0.3, -0.25) is 24.1 Å². The molecule has 3 rings (SSSR count). The minimum atomic E-state index is -0.618. The third kappa shape index (κ3) is 5.60. The number of hydrogen-bond acceptors (Lipinski definition) is 4. The molecule has 0 fully saturated rings. The third-order valence-corrected chi connectivity index (χ3v) is 5.91. The Hall–Kier alpha value is -3.19. The number of hydrogen-bond donors (Lipinski definition) is 1. The second kappa shape index (κ2) is 11.1. The van der Waals surface area contributed by atoms with Crippen molar-refractivity contribution < 1.29 is 19.2 Å². The molecular weight excluding hydrogens is 442 g/mol. The lowest BCUT2D eigenvalue weighted by Gasteiger charge is -2.31. The van der Waals surface area contributed by atoms with E-state index < -0.39 is 6.04 Å². The Morgan fingerprint density at radius 3 is 2.15 bits per heavy atom. The van der Waals surface area contributed by atoms with Crippen molar-refractivity contribution >= 4 is 35.2 Å². The molecule has 7 nitrogen and oxygen atoms in total. The Kier molecular flexibility index (Phi) is 8.22. The van der Waals surface area contributed by atoms with Crippen LogP contribution in [0.3, 0.4) is 0 Å². The summed E-state index contributed by atoms with van der Waals surface area (Å²) in [4.78, 5) is 53.7. The van der Waals surface area contributed by atoms with Gasteiger partial charge in [-0.1, -0.05) is 42.8 Å². The number of amides is 4. The smallest absolute Gasteiger partial charge is 0.261 e. The summed E-state index contributed by atoms with van der Waals surface area (Å²) >= 11 is 5.98. The SMILES string of the molecule is CCNC(=O)[C@H](CC)N(Cc1ccc(Cl)cc1)C(=O)CCCN1C(=O)c2ccccc2C1=O. The van der Waals surface area contributed by atoms with E-state index in [1.807, 2.05) is 26.0 Å². The zero-order valence-electron chi connectivity index (χ0n) is 18.8. The Balaban J connectivity index is 1.69. The van der Waals surface area contributed by atoms with E-state index in [0.717, 1.165) is 5.56 Å². The Morgan fingerprint density at radius 1 is 1.00 bits per heavy atom. The molecule has 2 aromatic carbocycles. The van der Waals surface area contributed by atoms with Crippen LogP contribution in [-0.2, 0) is 16.1 Å². The fourth-order valence-electron chi connectivity index (χ4n) is 3.97. The summed E-state index contributed by atoms with van der Waals surface area (Å²) in [5.41, 5.74) is 1.64. The number of benzene rings is 2. The highest BCUT2D eigenvalue weighted by Gasteiger charge is 2.35. The number of nitrogens with zero attached hydrogens (tertiary/aromatic N) is 2. The number of likely N-dealkylation sites (N-methyl/N-ethyl adjacent to an activating group) is 1. The van der Waals surface area contributed by atoms with Crippen molar-refractivity contribution in [3.05, 3.63) is 70.2 Å². The maximum Gasteiger partial charge on any atom is 0.261 e. The third-order valence-electron chi connectivity index (χ3n) is 5.65. The Morgan fingerprint density at radius 2 is 1.61 bits per heavy atom. The van der Waals surface area contributed by atoms with Gasteiger partial charge in [0, 0.05) is 31.1 Å². The minimum Gasteiger partial charge on any atom is -0.355 e. The van der Waals surface area contributed by atoms with Crippen LogP contribution in [0, 0.1) is 0 Å². The molecule has 0 saturated carbocycles. The Bertz CT molecular complexity index is 1000. The topological polar surface area (TPSA) is 86.8 Å². The van der Waals surface area contributed by atoms with Crippen LogP contribution < -0.4 is 5.32 Å². The van der Waals surface area contributed by atoms with Gasteiger partial charge in [-0.2, -0.15) is 0 Å². The number of fused-ring (bicyclic) bond motifs is 1. The number of imide groups is 1. The second-order valence-electron chi connectivity index (χ2n) is 7.88. The fraction of sp³-hybridized carbons (Fsp3) is 0.360. The van der Waals surface area contributed by atoms with Gasteiger partial charge < -0.3 is 10.2 Å². The molecule has 8 heteroatoms. The lowest BCUT2D eigenvalue weighted by molar-refractivity contribution is -0.141. The van der Waals surface area contributed by atoms with Gasteiger partial charge in [0.25, 0.3) is 11.8 Å². The fourth-order valence-corrected chi connectivity index (χ4v) is 4.10. The van der Waals surface area contributed by atoms with Crippen molar-refractivity contribution in [2.45, 2.75) is 45.7 Å². The van der Waals surface area contributed by atoms with Crippen LogP contribution in [0.2, 0.25) is 5.02 Å². The predicted octanol–water partition coefficient (Wildman–Crippen LogP) is 3.66. The standard InChI is InChI=1S/C25H28ClN3O4/c1-3-21(23(31)27-4-2)29(16-17-11-13-18(26)14-12-17)22(30)10-7-15-28-24(32)19-8-5-6-9-20(19)25(28)33/h5-6,8-9,11-14,21H,3-4,7,10,15-16H2,1-2H3,(H,27,31)/t21-/m0/s1. The molecule has 0 unspecified atom stereocenters. The molecule has 0 aromatic heterocycles. The van der Waals surface area contributed by atoms with Crippen LogP contribution in [0.4, 0.5) is 0 Å².